The quantitative estimate of drug-likeness (QED) is 0.214. The fourth-order valence-electron chi connectivity index (χ4n) is 6.00. The highest BCUT2D eigenvalue weighted by molar-refractivity contribution is 7.18. The third-order valence-corrected chi connectivity index (χ3v) is 9.26. The molecule has 2 aromatic heterocycles. The van der Waals surface area contributed by atoms with Gasteiger partial charge in [-0.3, -0.25) is 0 Å². The molecule has 0 radical (unpaired) electrons. The van der Waals surface area contributed by atoms with Crippen LogP contribution in [-0.2, 0) is 6.42 Å². The van der Waals surface area contributed by atoms with Crippen molar-refractivity contribution in [2.24, 2.45) is 0 Å². The number of para-hydroxylation sites is 3. The van der Waals surface area contributed by atoms with E-state index in [1.165, 1.54) is 43.4 Å². The summed E-state index contributed by atoms with van der Waals surface area (Å²) in [5, 5.41) is 1.13. The Balaban J connectivity index is 1.04. The number of thiophene rings is 1. The van der Waals surface area contributed by atoms with Gasteiger partial charge in [-0.25, -0.2) is 0 Å². The summed E-state index contributed by atoms with van der Waals surface area (Å²) < 4.78 is 6.06. The molecule has 0 N–H and O–H groups in total. The van der Waals surface area contributed by atoms with Crippen molar-refractivity contribution in [1.29, 1.82) is 0 Å². The molecule has 0 saturated heterocycles. The van der Waals surface area contributed by atoms with Crippen LogP contribution in [-0.4, -0.2) is 0 Å². The van der Waals surface area contributed by atoms with Crippen LogP contribution in [0.15, 0.2) is 150 Å². The van der Waals surface area contributed by atoms with Crippen molar-refractivity contribution in [3.8, 4) is 32.2 Å². The summed E-state index contributed by atoms with van der Waals surface area (Å²) in [6, 6.07) is 52.4. The van der Waals surface area contributed by atoms with E-state index in [-0.39, 0.29) is 6.04 Å². The van der Waals surface area contributed by atoms with Gasteiger partial charge in [-0.1, -0.05) is 103 Å². The lowest BCUT2D eigenvalue weighted by molar-refractivity contribution is 0.631. The van der Waals surface area contributed by atoms with E-state index in [9.17, 15) is 0 Å². The largest absolute Gasteiger partial charge is 0.456 e. The molecule has 196 valence electrons. The van der Waals surface area contributed by atoms with E-state index < -0.39 is 0 Å². The summed E-state index contributed by atoms with van der Waals surface area (Å²) in [7, 11) is 0. The van der Waals surface area contributed by atoms with Gasteiger partial charge < -0.3 is 9.32 Å². The molecule has 0 amide bonds. The molecule has 3 heteroatoms. The van der Waals surface area contributed by atoms with Gasteiger partial charge in [0.1, 0.15) is 11.3 Å². The molecule has 0 bridgehead atoms. The van der Waals surface area contributed by atoms with Crippen molar-refractivity contribution in [3.63, 3.8) is 0 Å². The van der Waals surface area contributed by atoms with Crippen LogP contribution < -0.4 is 4.90 Å². The molecule has 0 saturated carbocycles. The lowest BCUT2D eigenvalue weighted by Gasteiger charge is -2.28. The Morgan fingerprint density at radius 3 is 1.98 bits per heavy atom. The Morgan fingerprint density at radius 1 is 0.585 bits per heavy atom. The average Bonchev–Trinajstić information content (AvgIpc) is 3.79. The summed E-state index contributed by atoms with van der Waals surface area (Å²) in [6.07, 6.45) is 1.01. The second-order valence-corrected chi connectivity index (χ2v) is 11.6. The van der Waals surface area contributed by atoms with Crippen LogP contribution in [0.2, 0.25) is 0 Å². The average molecular weight is 546 g/mol. The first-order valence-electron chi connectivity index (χ1n) is 14.0. The minimum absolute atomic E-state index is 0.285. The molecule has 0 aliphatic carbocycles. The smallest absolute Gasteiger partial charge is 0.135 e. The maximum Gasteiger partial charge on any atom is 0.135 e. The maximum absolute atomic E-state index is 6.06. The fourth-order valence-corrected chi connectivity index (χ4v) is 7.02. The molecule has 7 aromatic rings. The Labute approximate surface area is 243 Å². The van der Waals surface area contributed by atoms with Gasteiger partial charge in [0, 0.05) is 32.1 Å². The Kier molecular flexibility index (Phi) is 5.82. The summed E-state index contributed by atoms with van der Waals surface area (Å²) >= 11 is 1.84. The third-order valence-electron chi connectivity index (χ3n) is 8.08. The van der Waals surface area contributed by atoms with Crippen molar-refractivity contribution in [2.45, 2.75) is 12.5 Å². The predicted molar refractivity (Wildman–Crippen MR) is 172 cm³/mol. The van der Waals surface area contributed by atoms with E-state index in [0.717, 1.165) is 28.7 Å². The number of rotatable bonds is 5. The first kappa shape index (κ1) is 24.0. The number of furan rings is 1. The van der Waals surface area contributed by atoms with E-state index in [1.54, 1.807) is 0 Å². The molecule has 1 unspecified atom stereocenters. The predicted octanol–water partition coefficient (Wildman–Crippen LogP) is 10.9. The molecule has 0 spiro atoms. The summed E-state index contributed by atoms with van der Waals surface area (Å²) in [4.78, 5) is 5.03. The normalized spacial score (nSPS) is 14.4. The van der Waals surface area contributed by atoms with Crippen molar-refractivity contribution < 1.29 is 4.42 Å². The molecule has 8 rings (SSSR count). The molecule has 41 heavy (non-hydrogen) atoms. The lowest BCUT2D eigenvalue weighted by Crippen LogP contribution is -2.19. The molecule has 0 fully saturated rings. The molecule has 1 aliphatic heterocycles. The first-order valence-corrected chi connectivity index (χ1v) is 14.8. The van der Waals surface area contributed by atoms with Crippen LogP contribution in [0.5, 0.6) is 0 Å². The summed E-state index contributed by atoms with van der Waals surface area (Å²) in [6.45, 7) is 0. The van der Waals surface area contributed by atoms with Gasteiger partial charge in [0.05, 0.1) is 6.04 Å². The van der Waals surface area contributed by atoms with Crippen LogP contribution in [0.1, 0.15) is 17.2 Å². The van der Waals surface area contributed by atoms with Crippen LogP contribution >= 0.6 is 11.3 Å². The van der Waals surface area contributed by atoms with Gasteiger partial charge in [0.15, 0.2) is 0 Å². The molecule has 2 nitrogen and oxygen atoms in total. The Morgan fingerprint density at radius 2 is 1.22 bits per heavy atom. The zero-order valence-electron chi connectivity index (χ0n) is 22.4. The van der Waals surface area contributed by atoms with Crippen LogP contribution in [0.25, 0.3) is 43.2 Å². The van der Waals surface area contributed by atoms with E-state index in [4.69, 9.17) is 4.42 Å². The zero-order chi connectivity index (χ0) is 27.2. The highest BCUT2D eigenvalue weighted by atomic mass is 32.1. The van der Waals surface area contributed by atoms with Gasteiger partial charge in [0.25, 0.3) is 0 Å². The Hall–Kier alpha value is -4.86. The van der Waals surface area contributed by atoms with E-state index >= 15 is 0 Å². The zero-order valence-corrected chi connectivity index (χ0v) is 23.2. The lowest BCUT2D eigenvalue weighted by atomic mass is 10.0. The van der Waals surface area contributed by atoms with E-state index in [0.29, 0.717) is 0 Å². The molecular formula is C38H27NOS. The first-order chi connectivity index (χ1) is 20.3. The fraction of sp³-hybridized carbons (Fsp3) is 0.0526. The van der Waals surface area contributed by atoms with Crippen molar-refractivity contribution in [3.05, 3.63) is 157 Å². The van der Waals surface area contributed by atoms with E-state index in [2.05, 4.69) is 132 Å². The molecule has 5 aromatic carbocycles. The van der Waals surface area contributed by atoms with Crippen LogP contribution in [0, 0.1) is 0 Å². The minimum atomic E-state index is 0.285. The number of hydrogen-bond acceptors (Lipinski definition) is 3. The molecule has 1 atom stereocenters. The molecule has 1 aliphatic rings. The Bertz CT molecular complexity index is 1930. The molecular weight excluding hydrogens is 518 g/mol. The van der Waals surface area contributed by atoms with Gasteiger partial charge in [-0.05, 0) is 71.1 Å². The monoisotopic (exact) mass is 545 g/mol. The van der Waals surface area contributed by atoms with Crippen LogP contribution in [0.3, 0.4) is 0 Å². The van der Waals surface area contributed by atoms with Crippen LogP contribution in [0.4, 0.5) is 11.4 Å². The van der Waals surface area contributed by atoms with Crippen molar-refractivity contribution >= 4 is 33.7 Å². The maximum atomic E-state index is 6.06. The highest BCUT2D eigenvalue weighted by Gasteiger charge is 2.31. The number of nitrogens with zero attached hydrogens (tertiary/aromatic N) is 1. The third kappa shape index (κ3) is 4.35. The number of anilines is 2. The van der Waals surface area contributed by atoms with Gasteiger partial charge in [-0.15, -0.1) is 11.3 Å². The number of fused-ring (bicyclic) bond motifs is 2. The molecule has 3 heterocycles. The standard InChI is InChI=1S/C38H27NOS/c1-2-10-32(11-3-1)39-33-12-6-4-8-30(33)24-34(39)26-14-18-28(19-15-26)37-22-23-38(41-37)29-20-16-27(17-21-29)36-25-31-9-5-7-13-35(31)40-36/h1-23,25,34H,24H2. The SMILES string of the molecule is c1ccc(N2c3ccccc3CC2c2ccc(-c3ccc(-c4ccc(-c5cc6ccccc6o5)cc4)s3)cc2)cc1. The topological polar surface area (TPSA) is 16.4 Å². The second kappa shape index (κ2) is 9.96. The number of benzene rings is 5. The van der Waals surface area contributed by atoms with Gasteiger partial charge in [-0.2, -0.15) is 0 Å². The van der Waals surface area contributed by atoms with Gasteiger partial charge in [0.2, 0.25) is 0 Å². The number of hydrogen-bond donors (Lipinski definition) is 0. The highest BCUT2D eigenvalue weighted by Crippen LogP contribution is 2.45. The van der Waals surface area contributed by atoms with Crippen molar-refractivity contribution in [1.82, 2.24) is 0 Å². The van der Waals surface area contributed by atoms with Gasteiger partial charge >= 0.3 is 0 Å². The second-order valence-electron chi connectivity index (χ2n) is 10.6. The van der Waals surface area contributed by atoms with Crippen molar-refractivity contribution in [2.75, 3.05) is 4.90 Å². The summed E-state index contributed by atoms with van der Waals surface area (Å²) in [5.41, 5.74) is 9.78. The minimum Gasteiger partial charge on any atom is -0.456 e. The summed E-state index contributed by atoms with van der Waals surface area (Å²) in [5.74, 6) is 0.904. The van der Waals surface area contributed by atoms with E-state index in [1.807, 2.05) is 29.5 Å².